The van der Waals surface area contributed by atoms with Crippen LogP contribution in [0.5, 0.6) is 11.5 Å². The van der Waals surface area contributed by atoms with Crippen molar-refractivity contribution in [3.8, 4) is 11.5 Å². The molecule has 0 radical (unpaired) electrons. The van der Waals surface area contributed by atoms with E-state index in [1.54, 1.807) is 38.5 Å². The van der Waals surface area contributed by atoms with Crippen LogP contribution in [-0.2, 0) is 0 Å². The zero-order valence-electron chi connectivity index (χ0n) is 13.0. The zero-order valence-corrected chi connectivity index (χ0v) is 13.0. The molecule has 120 valence electrons. The largest absolute Gasteiger partial charge is 0.497 e. The van der Waals surface area contributed by atoms with Gasteiger partial charge in [0.2, 0.25) is 11.9 Å². The normalized spacial score (nSPS) is 11.9. The molecule has 0 aliphatic rings. The Bertz CT molecular complexity index is 693. The first-order valence-corrected chi connectivity index (χ1v) is 6.84. The van der Waals surface area contributed by atoms with Gasteiger partial charge in [-0.3, -0.25) is 0 Å². The number of nitrogens with one attached hydrogen (secondary N) is 1. The smallest absolute Gasteiger partial charge is 0.223 e. The maximum absolute atomic E-state index is 5.80. The molecule has 7 nitrogen and oxygen atoms in total. The quantitative estimate of drug-likeness (QED) is 0.591. The number of benzene rings is 2. The number of ether oxygens (including phenoxy) is 2. The number of rotatable bonds is 4. The molecule has 0 saturated heterocycles. The Morgan fingerprint density at radius 1 is 0.870 bits per heavy atom. The average Bonchev–Trinajstić information content (AvgIpc) is 2.56. The third-order valence-corrected chi connectivity index (χ3v) is 2.91. The summed E-state index contributed by atoms with van der Waals surface area (Å²) in [6.45, 7) is 0. The summed E-state index contributed by atoms with van der Waals surface area (Å²) in [5, 5.41) is 2.92. The molecular weight excluding hydrogens is 294 g/mol. The molecule has 0 amide bonds. The number of guanidine groups is 2. The van der Waals surface area contributed by atoms with Crippen LogP contribution in [-0.4, -0.2) is 26.1 Å². The second-order valence-corrected chi connectivity index (χ2v) is 4.52. The van der Waals surface area contributed by atoms with Crippen molar-refractivity contribution in [3.63, 3.8) is 0 Å². The van der Waals surface area contributed by atoms with Crippen molar-refractivity contribution in [2.45, 2.75) is 0 Å². The van der Waals surface area contributed by atoms with Crippen molar-refractivity contribution in [1.82, 2.24) is 0 Å². The van der Waals surface area contributed by atoms with Crippen LogP contribution in [0.15, 0.2) is 58.5 Å². The summed E-state index contributed by atoms with van der Waals surface area (Å²) in [6, 6.07) is 14.4. The predicted octanol–water partition coefficient (Wildman–Crippen LogP) is 2.08. The summed E-state index contributed by atoms with van der Waals surface area (Å²) in [7, 11) is 3.21. The van der Waals surface area contributed by atoms with Crippen molar-refractivity contribution in [2.24, 2.45) is 21.5 Å². The highest BCUT2D eigenvalue weighted by molar-refractivity contribution is 6.01. The fourth-order valence-electron chi connectivity index (χ4n) is 1.79. The van der Waals surface area contributed by atoms with Gasteiger partial charge in [0.15, 0.2) is 0 Å². The van der Waals surface area contributed by atoms with Gasteiger partial charge < -0.3 is 26.3 Å². The third kappa shape index (κ3) is 4.92. The second-order valence-electron chi connectivity index (χ2n) is 4.52. The molecule has 2 rings (SSSR count). The first-order chi connectivity index (χ1) is 11.1. The van der Waals surface area contributed by atoms with E-state index < -0.39 is 0 Å². The van der Waals surface area contributed by atoms with Crippen LogP contribution in [0.1, 0.15) is 0 Å². The molecule has 23 heavy (non-hydrogen) atoms. The Labute approximate surface area is 134 Å². The van der Waals surface area contributed by atoms with E-state index in [1.165, 1.54) is 0 Å². The lowest BCUT2D eigenvalue weighted by Crippen LogP contribution is -2.26. The van der Waals surface area contributed by atoms with Gasteiger partial charge in [-0.05, 0) is 48.5 Å². The number of methoxy groups -OCH3 is 2. The molecule has 0 heterocycles. The van der Waals surface area contributed by atoms with E-state index in [9.17, 15) is 0 Å². The summed E-state index contributed by atoms with van der Waals surface area (Å²) in [6.07, 6.45) is 0. The van der Waals surface area contributed by atoms with E-state index in [2.05, 4.69) is 15.3 Å². The van der Waals surface area contributed by atoms with Crippen molar-refractivity contribution < 1.29 is 9.47 Å². The summed E-state index contributed by atoms with van der Waals surface area (Å²) >= 11 is 0. The fourth-order valence-corrected chi connectivity index (χ4v) is 1.79. The highest BCUT2D eigenvalue weighted by atomic mass is 16.5. The second kappa shape index (κ2) is 7.69. The van der Waals surface area contributed by atoms with E-state index in [0.717, 1.165) is 17.2 Å². The van der Waals surface area contributed by atoms with Gasteiger partial charge in [-0.15, -0.1) is 0 Å². The molecule has 0 fully saturated rings. The Morgan fingerprint density at radius 3 is 1.91 bits per heavy atom. The van der Waals surface area contributed by atoms with Gasteiger partial charge in [0.05, 0.1) is 19.9 Å². The molecular formula is C16H19N5O2. The van der Waals surface area contributed by atoms with Crippen molar-refractivity contribution >= 4 is 23.3 Å². The summed E-state index contributed by atoms with van der Waals surface area (Å²) < 4.78 is 10.2. The summed E-state index contributed by atoms with van der Waals surface area (Å²) in [5.74, 6) is 1.69. The molecule has 7 heteroatoms. The maximum atomic E-state index is 5.80. The Kier molecular flexibility index (Phi) is 5.40. The van der Waals surface area contributed by atoms with E-state index in [1.807, 2.05) is 24.3 Å². The van der Waals surface area contributed by atoms with Crippen LogP contribution in [0, 0.1) is 0 Å². The van der Waals surface area contributed by atoms with Gasteiger partial charge >= 0.3 is 0 Å². The molecule has 0 bridgehead atoms. The first kappa shape index (κ1) is 16.2. The van der Waals surface area contributed by atoms with Crippen molar-refractivity contribution in [3.05, 3.63) is 48.5 Å². The topological polar surface area (TPSA) is 107 Å². The van der Waals surface area contributed by atoms with Crippen LogP contribution in [0.25, 0.3) is 0 Å². The highest BCUT2D eigenvalue weighted by Crippen LogP contribution is 2.17. The minimum atomic E-state index is 0.0497. The molecule has 0 spiro atoms. The number of hydrogen-bond donors (Lipinski definition) is 3. The third-order valence-electron chi connectivity index (χ3n) is 2.91. The lowest BCUT2D eigenvalue weighted by atomic mass is 10.3. The molecule has 5 N–H and O–H groups in total. The van der Waals surface area contributed by atoms with Crippen LogP contribution in [0.4, 0.5) is 11.4 Å². The number of anilines is 1. The molecule has 0 aromatic heterocycles. The molecule has 0 atom stereocenters. The highest BCUT2D eigenvalue weighted by Gasteiger charge is 1.98. The van der Waals surface area contributed by atoms with Crippen molar-refractivity contribution in [2.75, 3.05) is 19.5 Å². The minimum Gasteiger partial charge on any atom is -0.497 e. The number of nitrogens with two attached hydrogens (primary N) is 2. The van der Waals surface area contributed by atoms with E-state index >= 15 is 0 Å². The lowest BCUT2D eigenvalue weighted by molar-refractivity contribution is 0.415. The Balaban J connectivity index is 2.04. The fraction of sp³-hybridized carbons (Fsp3) is 0.125. The molecule has 0 aliphatic heterocycles. The Hall–Kier alpha value is -3.22. The number of hydrogen-bond acceptors (Lipinski definition) is 3. The maximum Gasteiger partial charge on any atom is 0.223 e. The van der Waals surface area contributed by atoms with Gasteiger partial charge in [-0.25, -0.2) is 4.99 Å². The minimum absolute atomic E-state index is 0.0497. The monoisotopic (exact) mass is 313 g/mol. The lowest BCUT2D eigenvalue weighted by Gasteiger charge is -2.06. The van der Waals surface area contributed by atoms with Gasteiger partial charge in [0, 0.05) is 5.69 Å². The van der Waals surface area contributed by atoms with Crippen molar-refractivity contribution in [1.29, 1.82) is 0 Å². The van der Waals surface area contributed by atoms with E-state index in [4.69, 9.17) is 20.9 Å². The molecule has 0 unspecified atom stereocenters. The first-order valence-electron chi connectivity index (χ1n) is 6.84. The van der Waals surface area contributed by atoms with Gasteiger partial charge in [-0.1, -0.05) is 0 Å². The van der Waals surface area contributed by atoms with Crippen LogP contribution in [0.3, 0.4) is 0 Å². The van der Waals surface area contributed by atoms with Crippen LogP contribution in [0.2, 0.25) is 0 Å². The van der Waals surface area contributed by atoms with Gasteiger partial charge in [-0.2, -0.15) is 4.99 Å². The molecule has 2 aromatic carbocycles. The summed E-state index contributed by atoms with van der Waals surface area (Å²) in [5.41, 5.74) is 13.0. The average molecular weight is 313 g/mol. The SMILES string of the molecule is COc1ccc(N=C(N)/N=C(\N)Nc2ccc(OC)cc2)cc1. The molecule has 2 aromatic rings. The predicted molar refractivity (Wildman–Crippen MR) is 92.5 cm³/mol. The van der Waals surface area contributed by atoms with E-state index in [0.29, 0.717) is 5.69 Å². The molecule has 0 saturated carbocycles. The van der Waals surface area contributed by atoms with Crippen LogP contribution >= 0.6 is 0 Å². The van der Waals surface area contributed by atoms with E-state index in [-0.39, 0.29) is 11.9 Å². The zero-order chi connectivity index (χ0) is 16.7. The number of aliphatic imine (C=N–C) groups is 2. The standard InChI is InChI=1S/C16H19N5O2/c1-22-13-7-3-11(4-8-13)19-15(17)21-16(18)20-12-5-9-14(23-2)10-6-12/h3-10H,1-2H3,(H5,17,18,19,20,21). The Morgan fingerprint density at radius 2 is 1.39 bits per heavy atom. The van der Waals surface area contributed by atoms with Crippen LogP contribution < -0.4 is 26.3 Å². The molecule has 0 aliphatic carbocycles. The van der Waals surface area contributed by atoms with Gasteiger partial charge in [0.1, 0.15) is 11.5 Å². The number of nitrogens with zero attached hydrogens (tertiary/aromatic N) is 2. The van der Waals surface area contributed by atoms with Gasteiger partial charge in [0.25, 0.3) is 0 Å². The summed E-state index contributed by atoms with van der Waals surface area (Å²) in [4.78, 5) is 8.16.